The second-order valence-electron chi connectivity index (χ2n) is 6.05. The molecule has 2 aromatic carbocycles. The highest BCUT2D eigenvalue weighted by molar-refractivity contribution is 5.43. The molecule has 3 nitrogen and oxygen atoms in total. The van der Waals surface area contributed by atoms with E-state index in [4.69, 9.17) is 9.47 Å². The van der Waals surface area contributed by atoms with Crippen molar-refractivity contribution in [3.63, 3.8) is 0 Å². The van der Waals surface area contributed by atoms with Crippen molar-refractivity contribution >= 4 is 0 Å². The molecule has 3 rings (SSSR count). The minimum atomic E-state index is -1.53. The van der Waals surface area contributed by atoms with Crippen molar-refractivity contribution in [3.8, 4) is 11.5 Å². The average molecular weight is 333 g/mol. The van der Waals surface area contributed by atoms with Gasteiger partial charge in [-0.25, -0.2) is 8.78 Å². The number of nitrogens with one attached hydrogen (secondary N) is 1. The maximum atomic E-state index is 15.1. The number of ether oxygens (including phenoxy) is 2. The number of hydrogen-bond acceptors (Lipinski definition) is 3. The first kappa shape index (κ1) is 16.7. The van der Waals surface area contributed by atoms with Gasteiger partial charge >= 0.3 is 0 Å². The van der Waals surface area contributed by atoms with Crippen molar-refractivity contribution < 1.29 is 18.3 Å². The molecule has 1 fully saturated rings. The zero-order valence-electron chi connectivity index (χ0n) is 13.8. The van der Waals surface area contributed by atoms with Gasteiger partial charge in [-0.05, 0) is 30.7 Å². The van der Waals surface area contributed by atoms with Gasteiger partial charge in [0, 0.05) is 30.1 Å². The van der Waals surface area contributed by atoms with Gasteiger partial charge in [-0.2, -0.15) is 0 Å². The fourth-order valence-corrected chi connectivity index (χ4v) is 3.10. The third-order valence-corrected chi connectivity index (χ3v) is 4.54. The van der Waals surface area contributed by atoms with E-state index in [0.717, 1.165) is 11.3 Å². The molecule has 0 amide bonds. The summed E-state index contributed by atoms with van der Waals surface area (Å²) in [5, 5.41) is 3.26. The largest absolute Gasteiger partial charge is 0.496 e. The maximum Gasteiger partial charge on any atom is 0.144 e. The average Bonchev–Trinajstić information content (AvgIpc) is 3.26. The van der Waals surface area contributed by atoms with Gasteiger partial charge in [0.15, 0.2) is 0 Å². The number of rotatable bonds is 7. The van der Waals surface area contributed by atoms with E-state index < -0.39 is 11.5 Å². The third-order valence-electron chi connectivity index (χ3n) is 4.54. The molecule has 128 valence electrons. The van der Waals surface area contributed by atoms with Crippen LogP contribution in [0.15, 0.2) is 42.5 Å². The normalized spacial score (nSPS) is 22.2. The lowest BCUT2D eigenvalue weighted by atomic mass is 10.1. The van der Waals surface area contributed by atoms with Crippen LogP contribution in [0.1, 0.15) is 17.5 Å². The fraction of sp³-hybridized carbons (Fsp3) is 0.368. The predicted octanol–water partition coefficient (Wildman–Crippen LogP) is 3.82. The van der Waals surface area contributed by atoms with Crippen molar-refractivity contribution in [2.75, 3.05) is 20.8 Å². The Labute approximate surface area is 140 Å². The lowest BCUT2D eigenvalue weighted by Crippen LogP contribution is -2.20. The molecule has 24 heavy (non-hydrogen) atoms. The van der Waals surface area contributed by atoms with Crippen LogP contribution >= 0.6 is 0 Å². The van der Waals surface area contributed by atoms with Crippen molar-refractivity contribution in [2.24, 2.45) is 5.92 Å². The molecular formula is C19H21F2NO2. The monoisotopic (exact) mass is 333 g/mol. The highest BCUT2D eigenvalue weighted by Crippen LogP contribution is 2.57. The van der Waals surface area contributed by atoms with E-state index >= 15 is 4.39 Å². The molecule has 0 radical (unpaired) electrons. The van der Waals surface area contributed by atoms with E-state index in [1.807, 2.05) is 24.3 Å². The van der Waals surface area contributed by atoms with Crippen LogP contribution in [-0.2, 0) is 12.2 Å². The van der Waals surface area contributed by atoms with Gasteiger partial charge in [-0.3, -0.25) is 0 Å². The van der Waals surface area contributed by atoms with Gasteiger partial charge in [0.05, 0.1) is 14.2 Å². The van der Waals surface area contributed by atoms with Crippen LogP contribution in [0.3, 0.4) is 0 Å². The highest BCUT2D eigenvalue weighted by Gasteiger charge is 2.57. The van der Waals surface area contributed by atoms with Gasteiger partial charge < -0.3 is 14.8 Å². The number of alkyl halides is 1. The van der Waals surface area contributed by atoms with Gasteiger partial charge in [-0.1, -0.05) is 18.2 Å². The van der Waals surface area contributed by atoms with E-state index in [-0.39, 0.29) is 5.92 Å². The van der Waals surface area contributed by atoms with Crippen LogP contribution in [0.5, 0.6) is 11.5 Å². The molecular weight excluding hydrogens is 312 g/mol. The maximum absolute atomic E-state index is 15.1. The summed E-state index contributed by atoms with van der Waals surface area (Å²) in [5.74, 6) is 0.559. The number of methoxy groups -OCH3 is 2. The van der Waals surface area contributed by atoms with Gasteiger partial charge in [-0.15, -0.1) is 0 Å². The first-order valence-electron chi connectivity index (χ1n) is 7.94. The molecule has 0 heterocycles. The van der Waals surface area contributed by atoms with Gasteiger partial charge in [0.2, 0.25) is 0 Å². The molecule has 1 N–H and O–H groups in total. The van der Waals surface area contributed by atoms with Crippen LogP contribution in [-0.4, -0.2) is 20.8 Å². The lowest BCUT2D eigenvalue weighted by Gasteiger charge is -2.14. The Balaban J connectivity index is 1.62. The first-order valence-corrected chi connectivity index (χ1v) is 7.94. The van der Waals surface area contributed by atoms with Crippen LogP contribution in [0.25, 0.3) is 0 Å². The molecule has 0 bridgehead atoms. The molecule has 2 unspecified atom stereocenters. The van der Waals surface area contributed by atoms with Crippen molar-refractivity contribution in [2.45, 2.75) is 18.6 Å². The highest BCUT2D eigenvalue weighted by atomic mass is 19.1. The summed E-state index contributed by atoms with van der Waals surface area (Å²) in [6.07, 6.45) is 0.367. The summed E-state index contributed by atoms with van der Waals surface area (Å²) in [6, 6.07) is 11.7. The zero-order chi connectivity index (χ0) is 17.2. The Morgan fingerprint density at radius 3 is 2.62 bits per heavy atom. The third kappa shape index (κ3) is 3.22. The second-order valence-corrected chi connectivity index (χ2v) is 6.05. The van der Waals surface area contributed by atoms with Crippen molar-refractivity contribution in [3.05, 3.63) is 59.4 Å². The molecule has 2 atom stereocenters. The van der Waals surface area contributed by atoms with E-state index in [1.165, 1.54) is 25.3 Å². The quantitative estimate of drug-likeness (QED) is 0.836. The zero-order valence-corrected chi connectivity index (χ0v) is 13.8. The standard InChI is InChI=1S/C19H21F2NO2/c1-23-17-6-4-3-5-13(17)11-22-12-14-10-19(14,21)16-9-15(20)7-8-18(16)24-2/h3-9,14,22H,10-12H2,1-2H3. The summed E-state index contributed by atoms with van der Waals surface area (Å²) >= 11 is 0. The number of benzene rings is 2. The fourth-order valence-electron chi connectivity index (χ4n) is 3.10. The molecule has 0 aliphatic heterocycles. The molecule has 5 heteroatoms. The Hall–Kier alpha value is -2.14. The summed E-state index contributed by atoms with van der Waals surface area (Å²) in [6.45, 7) is 1.10. The molecule has 2 aromatic rings. The van der Waals surface area contributed by atoms with Crippen LogP contribution in [0.2, 0.25) is 0 Å². The molecule has 1 aliphatic carbocycles. The Morgan fingerprint density at radius 2 is 1.88 bits per heavy atom. The molecule has 1 saturated carbocycles. The number of hydrogen-bond donors (Lipinski definition) is 1. The molecule has 0 aromatic heterocycles. The number of para-hydroxylation sites is 1. The van der Waals surface area contributed by atoms with Gasteiger partial charge in [0.1, 0.15) is 23.0 Å². The van der Waals surface area contributed by atoms with Crippen LogP contribution in [0.4, 0.5) is 8.78 Å². The van der Waals surface area contributed by atoms with E-state index in [0.29, 0.717) is 30.8 Å². The summed E-state index contributed by atoms with van der Waals surface area (Å²) in [5.41, 5.74) is -0.205. The second kappa shape index (κ2) is 6.77. The molecule has 0 spiro atoms. The number of halogens is 2. The van der Waals surface area contributed by atoms with E-state index in [2.05, 4.69) is 5.32 Å². The van der Waals surface area contributed by atoms with Crippen molar-refractivity contribution in [1.29, 1.82) is 0 Å². The molecule has 0 saturated heterocycles. The molecule has 1 aliphatic rings. The minimum absolute atomic E-state index is 0.192. The van der Waals surface area contributed by atoms with Gasteiger partial charge in [0.25, 0.3) is 0 Å². The lowest BCUT2D eigenvalue weighted by molar-refractivity contribution is 0.270. The smallest absolute Gasteiger partial charge is 0.144 e. The van der Waals surface area contributed by atoms with Crippen molar-refractivity contribution in [1.82, 2.24) is 5.32 Å². The summed E-state index contributed by atoms with van der Waals surface area (Å²) in [4.78, 5) is 0. The predicted molar refractivity (Wildman–Crippen MR) is 88.5 cm³/mol. The topological polar surface area (TPSA) is 30.5 Å². The van der Waals surface area contributed by atoms with E-state index in [9.17, 15) is 4.39 Å². The van der Waals surface area contributed by atoms with E-state index in [1.54, 1.807) is 7.11 Å². The Morgan fingerprint density at radius 1 is 1.12 bits per heavy atom. The SMILES string of the molecule is COc1ccccc1CNCC1CC1(F)c1cc(F)ccc1OC. The first-order chi connectivity index (χ1) is 11.6. The van der Waals surface area contributed by atoms with Crippen LogP contribution < -0.4 is 14.8 Å². The van der Waals surface area contributed by atoms with Crippen LogP contribution in [0, 0.1) is 11.7 Å². The minimum Gasteiger partial charge on any atom is -0.496 e. The Bertz CT molecular complexity index is 722. The Kier molecular flexibility index (Phi) is 4.71. The summed E-state index contributed by atoms with van der Waals surface area (Å²) < 4.78 is 39.0. The summed E-state index contributed by atoms with van der Waals surface area (Å²) in [7, 11) is 3.10.